The monoisotopic (exact) mass is 540 g/mol. The van der Waals surface area contributed by atoms with Crippen LogP contribution in [0.1, 0.15) is 27.7 Å². The standard InChI is InChI=1S/C28H29ClN2O5S/c1-6-30(21-11-9-12-22(18-21)35-5)37(33,34)26-17-20(14-15-23(26)29)25-16-19-10-7-8-13-24(19)31(25)27(32)36-28(2,3)4/h7-18H,6H2,1-5H3. The molecule has 0 N–H and O–H groups in total. The van der Waals surface area contributed by atoms with Crippen LogP contribution in [-0.2, 0) is 14.8 Å². The van der Waals surface area contributed by atoms with E-state index >= 15 is 0 Å². The summed E-state index contributed by atoms with van der Waals surface area (Å²) in [7, 11) is -2.54. The van der Waals surface area contributed by atoms with Gasteiger partial charge in [0.1, 0.15) is 16.2 Å². The number of hydrogen-bond donors (Lipinski definition) is 0. The lowest BCUT2D eigenvalue weighted by Crippen LogP contribution is -2.31. The molecule has 9 heteroatoms. The molecule has 0 aliphatic rings. The van der Waals surface area contributed by atoms with Gasteiger partial charge in [0.25, 0.3) is 10.0 Å². The van der Waals surface area contributed by atoms with Crippen LogP contribution in [0.3, 0.4) is 0 Å². The topological polar surface area (TPSA) is 77.8 Å². The molecule has 4 aromatic rings. The second-order valence-corrected chi connectivity index (χ2v) is 11.7. The highest BCUT2D eigenvalue weighted by atomic mass is 35.5. The summed E-state index contributed by atoms with van der Waals surface area (Å²) in [4.78, 5) is 13.2. The minimum absolute atomic E-state index is 0.0719. The Hall–Kier alpha value is -3.49. The summed E-state index contributed by atoms with van der Waals surface area (Å²) in [6.45, 7) is 7.30. The Kier molecular flexibility index (Phi) is 7.26. The fourth-order valence-electron chi connectivity index (χ4n) is 4.11. The molecule has 194 valence electrons. The molecular weight excluding hydrogens is 512 g/mol. The van der Waals surface area contributed by atoms with Gasteiger partial charge in [-0.2, -0.15) is 0 Å². The van der Waals surface area contributed by atoms with Crippen molar-refractivity contribution in [1.82, 2.24) is 4.57 Å². The quantitative estimate of drug-likeness (QED) is 0.264. The fraction of sp³-hybridized carbons (Fsp3) is 0.250. The first kappa shape index (κ1) is 26.6. The average molecular weight is 541 g/mol. The Bertz CT molecular complexity index is 1570. The lowest BCUT2D eigenvalue weighted by Gasteiger charge is -2.24. The van der Waals surface area contributed by atoms with Crippen LogP contribution in [0.4, 0.5) is 10.5 Å². The number of ether oxygens (including phenoxy) is 2. The van der Waals surface area contributed by atoms with Gasteiger partial charge >= 0.3 is 6.09 Å². The number of hydrogen-bond acceptors (Lipinski definition) is 5. The molecule has 0 radical (unpaired) electrons. The lowest BCUT2D eigenvalue weighted by atomic mass is 10.1. The number of methoxy groups -OCH3 is 1. The van der Waals surface area contributed by atoms with Gasteiger partial charge in [-0.05, 0) is 64.1 Å². The number of rotatable bonds is 6. The number of carbonyl (C=O) groups is 1. The first-order valence-corrected chi connectivity index (χ1v) is 13.6. The molecule has 0 saturated heterocycles. The third kappa shape index (κ3) is 5.31. The van der Waals surface area contributed by atoms with Crippen LogP contribution in [0, 0.1) is 0 Å². The number of anilines is 1. The van der Waals surface area contributed by atoms with E-state index in [0.29, 0.717) is 28.2 Å². The molecule has 0 spiro atoms. The van der Waals surface area contributed by atoms with E-state index in [2.05, 4.69) is 0 Å². The first-order chi connectivity index (χ1) is 17.5. The zero-order valence-electron chi connectivity index (χ0n) is 21.4. The smallest absolute Gasteiger partial charge is 0.419 e. The van der Waals surface area contributed by atoms with Crippen molar-refractivity contribution in [2.24, 2.45) is 0 Å². The van der Waals surface area contributed by atoms with Crippen LogP contribution in [0.25, 0.3) is 22.2 Å². The summed E-state index contributed by atoms with van der Waals surface area (Å²) in [6, 6.07) is 20.8. The highest BCUT2D eigenvalue weighted by molar-refractivity contribution is 7.93. The summed E-state index contributed by atoms with van der Waals surface area (Å²) in [5.41, 5.74) is 1.38. The van der Waals surface area contributed by atoms with E-state index in [-0.39, 0.29) is 16.5 Å². The van der Waals surface area contributed by atoms with Crippen molar-refractivity contribution in [2.75, 3.05) is 18.0 Å². The predicted molar refractivity (Wildman–Crippen MR) is 147 cm³/mol. The van der Waals surface area contributed by atoms with Gasteiger partial charge < -0.3 is 9.47 Å². The van der Waals surface area contributed by atoms with Crippen LogP contribution < -0.4 is 9.04 Å². The minimum atomic E-state index is -4.06. The van der Waals surface area contributed by atoms with E-state index in [1.807, 2.05) is 30.3 Å². The number of fused-ring (bicyclic) bond motifs is 1. The van der Waals surface area contributed by atoms with Crippen molar-refractivity contribution in [1.29, 1.82) is 0 Å². The lowest BCUT2D eigenvalue weighted by molar-refractivity contribution is 0.0547. The van der Waals surface area contributed by atoms with Gasteiger partial charge in [0.15, 0.2) is 0 Å². The number of halogens is 1. The summed E-state index contributed by atoms with van der Waals surface area (Å²) in [6.07, 6.45) is -0.561. The highest BCUT2D eigenvalue weighted by Crippen LogP contribution is 2.35. The maximum absolute atomic E-state index is 13.8. The molecule has 0 unspecified atom stereocenters. The molecule has 0 amide bonds. The van der Waals surface area contributed by atoms with E-state index in [4.69, 9.17) is 21.1 Å². The number of carbonyl (C=O) groups excluding carboxylic acids is 1. The summed E-state index contributed by atoms with van der Waals surface area (Å²) >= 11 is 6.45. The summed E-state index contributed by atoms with van der Waals surface area (Å²) in [5, 5.41) is 0.888. The molecule has 7 nitrogen and oxygen atoms in total. The number of sulfonamides is 1. The molecule has 0 fully saturated rings. The van der Waals surface area contributed by atoms with Crippen LogP contribution >= 0.6 is 11.6 Å². The van der Waals surface area contributed by atoms with Crippen molar-refractivity contribution in [3.05, 3.63) is 77.8 Å². The van der Waals surface area contributed by atoms with E-state index in [1.54, 1.807) is 58.0 Å². The normalized spacial score (nSPS) is 11.9. The largest absolute Gasteiger partial charge is 0.497 e. The van der Waals surface area contributed by atoms with E-state index in [1.165, 1.54) is 28.1 Å². The SMILES string of the molecule is CCN(c1cccc(OC)c1)S(=O)(=O)c1cc(-c2cc3ccccc3n2C(=O)OC(C)(C)C)ccc1Cl. The Morgan fingerprint density at radius 2 is 1.73 bits per heavy atom. The maximum atomic E-state index is 13.8. The Morgan fingerprint density at radius 1 is 1.00 bits per heavy atom. The summed E-state index contributed by atoms with van der Waals surface area (Å²) < 4.78 is 41.4. The predicted octanol–water partition coefficient (Wildman–Crippen LogP) is 6.97. The fourth-order valence-corrected chi connectivity index (χ4v) is 6.08. The molecule has 0 aliphatic heterocycles. The Labute approximate surface area is 222 Å². The van der Waals surface area contributed by atoms with E-state index < -0.39 is 21.7 Å². The van der Waals surface area contributed by atoms with Gasteiger partial charge in [-0.15, -0.1) is 0 Å². The first-order valence-electron chi connectivity index (χ1n) is 11.8. The molecule has 0 atom stereocenters. The molecular formula is C28H29ClN2O5S. The van der Waals surface area contributed by atoms with Gasteiger partial charge in [-0.1, -0.05) is 41.9 Å². The zero-order chi connectivity index (χ0) is 27.0. The van der Waals surface area contributed by atoms with Gasteiger partial charge in [-0.25, -0.2) is 17.8 Å². The Morgan fingerprint density at radius 3 is 2.41 bits per heavy atom. The van der Waals surface area contributed by atoms with Gasteiger partial charge in [0, 0.05) is 23.6 Å². The van der Waals surface area contributed by atoms with E-state index in [9.17, 15) is 13.2 Å². The average Bonchev–Trinajstić information content (AvgIpc) is 3.23. The van der Waals surface area contributed by atoms with Crippen molar-refractivity contribution < 1.29 is 22.7 Å². The molecule has 1 heterocycles. The highest BCUT2D eigenvalue weighted by Gasteiger charge is 2.28. The minimum Gasteiger partial charge on any atom is -0.497 e. The van der Waals surface area contributed by atoms with Gasteiger partial charge in [-0.3, -0.25) is 4.31 Å². The van der Waals surface area contributed by atoms with Crippen LogP contribution in [-0.4, -0.2) is 38.3 Å². The second-order valence-electron chi connectivity index (χ2n) is 9.42. The van der Waals surface area contributed by atoms with Gasteiger partial charge in [0.2, 0.25) is 0 Å². The Balaban J connectivity index is 1.87. The molecule has 0 aliphatic carbocycles. The number of para-hydroxylation sites is 1. The molecule has 3 aromatic carbocycles. The number of nitrogens with zero attached hydrogens (tertiary/aromatic N) is 2. The van der Waals surface area contributed by atoms with Crippen LogP contribution in [0.5, 0.6) is 5.75 Å². The zero-order valence-corrected chi connectivity index (χ0v) is 22.9. The van der Waals surface area contributed by atoms with Crippen molar-refractivity contribution in [2.45, 2.75) is 38.2 Å². The van der Waals surface area contributed by atoms with Crippen LogP contribution in [0.2, 0.25) is 5.02 Å². The number of aromatic nitrogens is 1. The third-order valence-corrected chi connectivity index (χ3v) is 8.09. The molecule has 0 bridgehead atoms. The second kappa shape index (κ2) is 10.1. The maximum Gasteiger partial charge on any atom is 0.419 e. The van der Waals surface area contributed by atoms with Crippen molar-refractivity contribution in [3.8, 4) is 17.0 Å². The molecule has 4 rings (SSSR count). The van der Waals surface area contributed by atoms with Crippen molar-refractivity contribution >= 4 is 44.3 Å². The molecule has 1 aromatic heterocycles. The molecule has 37 heavy (non-hydrogen) atoms. The van der Waals surface area contributed by atoms with E-state index in [0.717, 1.165) is 5.39 Å². The van der Waals surface area contributed by atoms with Crippen molar-refractivity contribution in [3.63, 3.8) is 0 Å². The summed E-state index contributed by atoms with van der Waals surface area (Å²) in [5.74, 6) is 0.535. The van der Waals surface area contributed by atoms with Crippen LogP contribution in [0.15, 0.2) is 77.7 Å². The van der Waals surface area contributed by atoms with Gasteiger partial charge in [0.05, 0.1) is 29.0 Å². The number of benzene rings is 3. The third-order valence-electron chi connectivity index (χ3n) is 5.71. The molecule has 0 saturated carbocycles.